The molecule has 3 rings (SSSR count). The quantitative estimate of drug-likeness (QED) is 0.700. The SMILES string of the molecule is O=C(/C=C\c1ccco1)Nc1ccc(NC(=O)c2ccco2)cc1. The van der Waals surface area contributed by atoms with Crippen molar-refractivity contribution >= 4 is 29.3 Å². The maximum Gasteiger partial charge on any atom is 0.291 e. The van der Waals surface area contributed by atoms with E-state index in [1.54, 1.807) is 54.6 Å². The number of nitrogens with one attached hydrogen (secondary N) is 2. The number of hydrogen-bond acceptors (Lipinski definition) is 4. The van der Waals surface area contributed by atoms with Crippen LogP contribution in [0.3, 0.4) is 0 Å². The van der Waals surface area contributed by atoms with Gasteiger partial charge in [0, 0.05) is 17.5 Å². The van der Waals surface area contributed by atoms with Crippen molar-refractivity contribution in [2.24, 2.45) is 0 Å². The Hall–Kier alpha value is -3.54. The summed E-state index contributed by atoms with van der Waals surface area (Å²) in [4.78, 5) is 23.6. The van der Waals surface area contributed by atoms with Crippen molar-refractivity contribution in [1.82, 2.24) is 0 Å². The molecule has 3 aromatic rings. The Morgan fingerprint density at radius 2 is 1.50 bits per heavy atom. The molecule has 1 aromatic carbocycles. The van der Waals surface area contributed by atoms with Gasteiger partial charge >= 0.3 is 0 Å². The smallest absolute Gasteiger partial charge is 0.291 e. The Bertz CT molecular complexity index is 832. The van der Waals surface area contributed by atoms with Gasteiger partial charge in [0.1, 0.15) is 5.76 Å². The van der Waals surface area contributed by atoms with Gasteiger partial charge in [0.2, 0.25) is 5.91 Å². The Morgan fingerprint density at radius 3 is 2.12 bits per heavy atom. The first-order valence-electron chi connectivity index (χ1n) is 7.18. The molecular weight excluding hydrogens is 308 g/mol. The first kappa shape index (κ1) is 15.4. The topological polar surface area (TPSA) is 84.5 Å². The molecule has 2 N–H and O–H groups in total. The highest BCUT2D eigenvalue weighted by molar-refractivity contribution is 6.03. The summed E-state index contributed by atoms with van der Waals surface area (Å²) >= 11 is 0. The standard InChI is InChI=1S/C18H14N2O4/c21-17(10-9-15-3-1-11-23-15)19-13-5-7-14(8-6-13)20-18(22)16-4-2-12-24-16/h1-12H,(H,19,21)(H,20,22)/b10-9-. The lowest BCUT2D eigenvalue weighted by Gasteiger charge is -2.05. The minimum atomic E-state index is -0.335. The van der Waals surface area contributed by atoms with Crippen LogP contribution in [0.5, 0.6) is 0 Å². The molecule has 0 aliphatic carbocycles. The summed E-state index contributed by atoms with van der Waals surface area (Å²) in [5.41, 5.74) is 1.21. The van der Waals surface area contributed by atoms with Crippen LogP contribution < -0.4 is 10.6 Å². The summed E-state index contributed by atoms with van der Waals surface area (Å²) in [5.74, 6) is 0.216. The highest BCUT2D eigenvalue weighted by atomic mass is 16.3. The van der Waals surface area contributed by atoms with E-state index >= 15 is 0 Å². The Balaban J connectivity index is 1.56. The van der Waals surface area contributed by atoms with Crippen molar-refractivity contribution in [1.29, 1.82) is 0 Å². The average molecular weight is 322 g/mol. The lowest BCUT2D eigenvalue weighted by Crippen LogP contribution is -2.11. The van der Waals surface area contributed by atoms with E-state index in [0.717, 1.165) is 0 Å². The highest BCUT2D eigenvalue weighted by Crippen LogP contribution is 2.15. The minimum absolute atomic E-state index is 0.232. The summed E-state index contributed by atoms with van der Waals surface area (Å²) in [6.07, 6.45) is 5.93. The molecule has 24 heavy (non-hydrogen) atoms. The summed E-state index contributed by atoms with van der Waals surface area (Å²) in [7, 11) is 0. The normalized spacial score (nSPS) is 10.7. The van der Waals surface area contributed by atoms with Crippen molar-refractivity contribution < 1.29 is 18.4 Å². The summed E-state index contributed by atoms with van der Waals surface area (Å²) < 4.78 is 10.1. The van der Waals surface area contributed by atoms with Gasteiger partial charge in [0.15, 0.2) is 5.76 Å². The van der Waals surface area contributed by atoms with Crippen LogP contribution in [0.15, 0.2) is 76.0 Å². The number of benzene rings is 1. The summed E-state index contributed by atoms with van der Waals surface area (Å²) in [5, 5.41) is 5.41. The zero-order chi connectivity index (χ0) is 16.8. The molecule has 0 radical (unpaired) electrons. The fourth-order valence-electron chi connectivity index (χ4n) is 1.97. The monoisotopic (exact) mass is 322 g/mol. The van der Waals surface area contributed by atoms with Crippen molar-refractivity contribution in [3.05, 3.63) is 78.7 Å². The number of furan rings is 2. The average Bonchev–Trinajstić information content (AvgIpc) is 3.28. The molecular formula is C18H14N2O4. The van der Waals surface area contributed by atoms with Crippen LogP contribution in [-0.2, 0) is 4.79 Å². The summed E-state index contributed by atoms with van der Waals surface area (Å²) in [6.45, 7) is 0. The first-order valence-corrected chi connectivity index (χ1v) is 7.18. The van der Waals surface area contributed by atoms with Crippen LogP contribution in [0.4, 0.5) is 11.4 Å². The summed E-state index contributed by atoms with van der Waals surface area (Å²) in [6, 6.07) is 13.5. The number of amides is 2. The third-order valence-corrected chi connectivity index (χ3v) is 3.10. The van der Waals surface area contributed by atoms with Gasteiger partial charge in [-0.15, -0.1) is 0 Å². The van der Waals surface area contributed by atoms with Gasteiger partial charge in [0.25, 0.3) is 5.91 Å². The number of rotatable bonds is 5. The Kier molecular flexibility index (Phi) is 4.57. The van der Waals surface area contributed by atoms with Crippen LogP contribution in [-0.4, -0.2) is 11.8 Å². The van der Waals surface area contributed by atoms with Gasteiger partial charge in [-0.05, 0) is 54.6 Å². The van der Waals surface area contributed by atoms with E-state index in [4.69, 9.17) is 8.83 Å². The van der Waals surface area contributed by atoms with Gasteiger partial charge in [-0.2, -0.15) is 0 Å². The van der Waals surface area contributed by atoms with E-state index < -0.39 is 0 Å². The molecule has 0 aliphatic heterocycles. The van der Waals surface area contributed by atoms with Gasteiger partial charge < -0.3 is 19.5 Å². The predicted molar refractivity (Wildman–Crippen MR) is 89.5 cm³/mol. The predicted octanol–water partition coefficient (Wildman–Crippen LogP) is 3.78. The molecule has 0 aliphatic rings. The zero-order valence-corrected chi connectivity index (χ0v) is 12.6. The van der Waals surface area contributed by atoms with Crippen LogP contribution >= 0.6 is 0 Å². The van der Waals surface area contributed by atoms with Gasteiger partial charge in [-0.1, -0.05) is 0 Å². The largest absolute Gasteiger partial charge is 0.465 e. The second kappa shape index (κ2) is 7.15. The molecule has 0 fully saturated rings. The number of hydrogen-bond donors (Lipinski definition) is 2. The van der Waals surface area contributed by atoms with Crippen LogP contribution in [0.1, 0.15) is 16.3 Å². The molecule has 6 heteroatoms. The van der Waals surface area contributed by atoms with Crippen LogP contribution in [0.25, 0.3) is 6.08 Å². The molecule has 6 nitrogen and oxygen atoms in total. The zero-order valence-electron chi connectivity index (χ0n) is 12.6. The molecule has 0 bridgehead atoms. The lowest BCUT2D eigenvalue weighted by molar-refractivity contribution is -0.111. The van der Waals surface area contributed by atoms with Crippen LogP contribution in [0.2, 0.25) is 0 Å². The molecule has 0 unspecified atom stereocenters. The molecule has 0 atom stereocenters. The Morgan fingerprint density at radius 1 is 0.833 bits per heavy atom. The van der Waals surface area contributed by atoms with E-state index in [-0.39, 0.29) is 17.6 Å². The number of anilines is 2. The number of carbonyl (C=O) groups excluding carboxylic acids is 2. The van der Waals surface area contributed by atoms with E-state index in [1.807, 2.05) is 0 Å². The maximum atomic E-state index is 11.8. The fraction of sp³-hybridized carbons (Fsp3) is 0. The molecule has 2 aromatic heterocycles. The van der Waals surface area contributed by atoms with Crippen LogP contribution in [0, 0.1) is 0 Å². The Labute approximate surface area is 137 Å². The molecule has 0 spiro atoms. The van der Waals surface area contributed by atoms with Gasteiger partial charge in [-0.25, -0.2) is 0 Å². The van der Waals surface area contributed by atoms with E-state index in [2.05, 4.69) is 10.6 Å². The first-order chi connectivity index (χ1) is 11.7. The fourth-order valence-corrected chi connectivity index (χ4v) is 1.97. The molecule has 0 saturated carbocycles. The highest BCUT2D eigenvalue weighted by Gasteiger charge is 2.08. The third kappa shape index (κ3) is 4.01. The van der Waals surface area contributed by atoms with Crippen molar-refractivity contribution in [3.8, 4) is 0 Å². The van der Waals surface area contributed by atoms with Crippen molar-refractivity contribution in [2.45, 2.75) is 0 Å². The number of carbonyl (C=O) groups is 2. The maximum absolute atomic E-state index is 11.8. The van der Waals surface area contributed by atoms with Crippen molar-refractivity contribution in [3.63, 3.8) is 0 Å². The second-order valence-corrected chi connectivity index (χ2v) is 4.85. The second-order valence-electron chi connectivity index (χ2n) is 4.85. The van der Waals surface area contributed by atoms with Gasteiger partial charge in [0.05, 0.1) is 12.5 Å². The third-order valence-electron chi connectivity index (χ3n) is 3.10. The van der Waals surface area contributed by atoms with E-state index in [0.29, 0.717) is 17.1 Å². The van der Waals surface area contributed by atoms with Crippen molar-refractivity contribution in [2.75, 3.05) is 10.6 Å². The van der Waals surface area contributed by atoms with Gasteiger partial charge in [-0.3, -0.25) is 9.59 Å². The molecule has 2 amide bonds. The van der Waals surface area contributed by atoms with E-state index in [1.165, 1.54) is 18.6 Å². The minimum Gasteiger partial charge on any atom is -0.465 e. The molecule has 0 saturated heterocycles. The molecule has 2 heterocycles. The lowest BCUT2D eigenvalue weighted by atomic mass is 10.2. The van der Waals surface area contributed by atoms with E-state index in [9.17, 15) is 9.59 Å². The molecule has 120 valence electrons.